The maximum Gasteiger partial charge on any atom is 0.418 e. The molecule has 0 fully saturated rings. The van der Waals surface area contributed by atoms with Crippen molar-refractivity contribution < 1.29 is 14.3 Å². The zero-order valence-corrected chi connectivity index (χ0v) is 14.6. The first-order valence-corrected chi connectivity index (χ1v) is 7.90. The van der Waals surface area contributed by atoms with Crippen LogP contribution in [0, 0.1) is 3.57 Å². The Hall–Kier alpha value is -1.28. The van der Waals surface area contributed by atoms with E-state index in [0.717, 1.165) is 38.8 Å². The molecule has 1 N–H and O–H groups in total. The Balaban J connectivity index is 2.61. The quantitative estimate of drug-likeness (QED) is 0.782. The first-order valence-electron chi connectivity index (χ1n) is 6.82. The van der Waals surface area contributed by atoms with Gasteiger partial charge in [-0.05, 0) is 67.2 Å². The summed E-state index contributed by atoms with van der Waals surface area (Å²) >= 11 is 2.26. The third kappa shape index (κ3) is 3.16. The number of ether oxygens (including phenoxy) is 2. The molecule has 21 heavy (non-hydrogen) atoms. The molecule has 2 aromatic rings. The molecular weight excluding hydrogens is 383 g/mol. The number of hydrogen-bond acceptors (Lipinski definition) is 4. The maximum atomic E-state index is 12.1. The Morgan fingerprint density at radius 3 is 2.81 bits per heavy atom. The predicted octanol–water partition coefficient (Wildman–Crippen LogP) is 3.02. The van der Waals surface area contributed by atoms with Gasteiger partial charge in [0.15, 0.2) is 0 Å². The van der Waals surface area contributed by atoms with Crippen LogP contribution in [0.4, 0.5) is 4.79 Å². The molecule has 0 spiro atoms. The minimum absolute atomic E-state index is 0.348. The van der Waals surface area contributed by atoms with Crippen molar-refractivity contribution in [3.63, 3.8) is 0 Å². The van der Waals surface area contributed by atoms with Crippen molar-refractivity contribution in [3.05, 3.63) is 27.5 Å². The van der Waals surface area contributed by atoms with E-state index >= 15 is 0 Å². The summed E-state index contributed by atoms with van der Waals surface area (Å²) < 4.78 is 13.1. The van der Waals surface area contributed by atoms with E-state index in [9.17, 15) is 4.79 Å². The van der Waals surface area contributed by atoms with E-state index in [0.29, 0.717) is 6.61 Å². The fourth-order valence-electron chi connectivity index (χ4n) is 2.29. The Labute approximate surface area is 137 Å². The summed E-state index contributed by atoms with van der Waals surface area (Å²) in [5, 5.41) is 4.19. The van der Waals surface area contributed by atoms with Gasteiger partial charge in [0.2, 0.25) is 0 Å². The molecule has 1 aromatic heterocycles. The molecule has 0 aliphatic carbocycles. The van der Waals surface area contributed by atoms with E-state index in [4.69, 9.17) is 9.47 Å². The lowest BCUT2D eigenvalue weighted by atomic mass is 10.1. The molecule has 0 saturated heterocycles. The molecule has 1 heterocycles. The van der Waals surface area contributed by atoms with Crippen LogP contribution in [-0.2, 0) is 11.2 Å². The van der Waals surface area contributed by atoms with Crippen molar-refractivity contribution in [3.8, 4) is 5.75 Å². The van der Waals surface area contributed by atoms with Crippen molar-refractivity contribution in [1.82, 2.24) is 9.88 Å². The van der Waals surface area contributed by atoms with Crippen molar-refractivity contribution in [2.45, 2.75) is 13.3 Å². The number of benzene rings is 1. The second-order valence-corrected chi connectivity index (χ2v) is 5.63. The van der Waals surface area contributed by atoms with Gasteiger partial charge < -0.3 is 14.8 Å². The molecule has 0 saturated carbocycles. The number of nitrogens with zero attached hydrogens (tertiary/aromatic N) is 1. The summed E-state index contributed by atoms with van der Waals surface area (Å²) in [5.41, 5.74) is 1.96. The van der Waals surface area contributed by atoms with Crippen molar-refractivity contribution in [2.75, 3.05) is 27.3 Å². The standard InChI is InChI=1S/C15H19IN2O3/c1-4-21-15(19)18-9-10(7-8-17-2)13-11(18)5-6-12(20-3)14(13)16/h5-6,9,17H,4,7-8H2,1-3H3. The van der Waals surface area contributed by atoms with Crippen LogP contribution in [0.2, 0.25) is 0 Å². The smallest absolute Gasteiger partial charge is 0.418 e. The van der Waals surface area contributed by atoms with Crippen LogP contribution in [0.15, 0.2) is 18.3 Å². The molecule has 0 radical (unpaired) electrons. The number of fused-ring (bicyclic) bond motifs is 1. The lowest BCUT2D eigenvalue weighted by Crippen LogP contribution is -2.12. The molecule has 1 aromatic carbocycles. The highest BCUT2D eigenvalue weighted by Crippen LogP contribution is 2.33. The van der Waals surface area contributed by atoms with Gasteiger partial charge in [-0.1, -0.05) is 0 Å². The van der Waals surface area contributed by atoms with Crippen LogP contribution in [0.3, 0.4) is 0 Å². The van der Waals surface area contributed by atoms with Gasteiger partial charge >= 0.3 is 6.09 Å². The van der Waals surface area contributed by atoms with Crippen LogP contribution in [-0.4, -0.2) is 38.0 Å². The second kappa shape index (κ2) is 7.13. The van der Waals surface area contributed by atoms with Gasteiger partial charge in [-0.2, -0.15) is 0 Å². The van der Waals surface area contributed by atoms with Gasteiger partial charge in [0.05, 0.1) is 22.8 Å². The minimum atomic E-state index is -0.348. The lowest BCUT2D eigenvalue weighted by Gasteiger charge is -2.07. The number of likely N-dealkylation sites (N-methyl/N-ethyl adjacent to an activating group) is 1. The number of hydrogen-bond donors (Lipinski definition) is 1. The molecular formula is C15H19IN2O3. The fourth-order valence-corrected chi connectivity index (χ4v) is 3.32. The summed E-state index contributed by atoms with van der Waals surface area (Å²) in [7, 11) is 3.56. The Kier molecular flexibility index (Phi) is 5.46. The van der Waals surface area contributed by atoms with Gasteiger partial charge in [-0.15, -0.1) is 0 Å². The predicted molar refractivity (Wildman–Crippen MR) is 91.3 cm³/mol. The van der Waals surface area contributed by atoms with Crippen molar-refractivity contribution in [1.29, 1.82) is 0 Å². The zero-order valence-electron chi connectivity index (χ0n) is 12.4. The number of halogens is 1. The topological polar surface area (TPSA) is 52.5 Å². The fraction of sp³-hybridized carbons (Fsp3) is 0.400. The highest BCUT2D eigenvalue weighted by Gasteiger charge is 2.18. The Morgan fingerprint density at radius 1 is 1.43 bits per heavy atom. The summed E-state index contributed by atoms with van der Waals surface area (Å²) in [6.45, 7) is 3.01. The number of carbonyl (C=O) groups excluding carboxylic acids is 1. The monoisotopic (exact) mass is 402 g/mol. The number of methoxy groups -OCH3 is 1. The molecule has 0 unspecified atom stereocenters. The van der Waals surface area contributed by atoms with Gasteiger partial charge in [-0.3, -0.25) is 4.57 Å². The van der Waals surface area contributed by atoms with Crippen molar-refractivity contribution >= 4 is 39.6 Å². The van der Waals surface area contributed by atoms with Gasteiger partial charge in [0, 0.05) is 11.6 Å². The van der Waals surface area contributed by atoms with E-state index in [-0.39, 0.29) is 6.09 Å². The SMILES string of the molecule is CCOC(=O)n1cc(CCNC)c2c(I)c(OC)ccc21. The van der Waals surface area contributed by atoms with Gasteiger partial charge in [-0.25, -0.2) is 4.79 Å². The van der Waals surface area contributed by atoms with Gasteiger partial charge in [0.25, 0.3) is 0 Å². The highest BCUT2D eigenvalue weighted by molar-refractivity contribution is 14.1. The van der Waals surface area contributed by atoms with Crippen LogP contribution in [0.5, 0.6) is 5.75 Å². The van der Waals surface area contributed by atoms with E-state index in [2.05, 4.69) is 27.9 Å². The van der Waals surface area contributed by atoms with Crippen molar-refractivity contribution in [2.24, 2.45) is 0 Å². The normalized spacial score (nSPS) is 10.9. The van der Waals surface area contributed by atoms with E-state index in [1.54, 1.807) is 18.6 Å². The maximum absolute atomic E-state index is 12.1. The van der Waals surface area contributed by atoms with E-state index < -0.39 is 0 Å². The number of rotatable bonds is 5. The lowest BCUT2D eigenvalue weighted by molar-refractivity contribution is 0.155. The number of carbonyl (C=O) groups is 1. The zero-order chi connectivity index (χ0) is 15.4. The molecule has 0 aliphatic heterocycles. The first kappa shape index (κ1) is 16.1. The molecule has 0 amide bonds. The average Bonchev–Trinajstić information content (AvgIpc) is 2.85. The first-order chi connectivity index (χ1) is 10.1. The third-order valence-corrected chi connectivity index (χ3v) is 4.35. The highest BCUT2D eigenvalue weighted by atomic mass is 127. The Bertz CT molecular complexity index is 652. The molecule has 0 aliphatic rings. The molecule has 5 nitrogen and oxygen atoms in total. The number of nitrogens with one attached hydrogen (secondary N) is 1. The molecule has 0 bridgehead atoms. The molecule has 6 heteroatoms. The molecule has 114 valence electrons. The van der Waals surface area contributed by atoms with E-state index in [1.165, 1.54) is 0 Å². The second-order valence-electron chi connectivity index (χ2n) is 4.55. The van der Waals surface area contributed by atoms with Crippen LogP contribution in [0.1, 0.15) is 12.5 Å². The van der Waals surface area contributed by atoms with E-state index in [1.807, 2.05) is 25.4 Å². The minimum Gasteiger partial charge on any atom is -0.496 e. The largest absolute Gasteiger partial charge is 0.496 e. The molecule has 2 rings (SSSR count). The third-order valence-electron chi connectivity index (χ3n) is 3.28. The molecule has 0 atom stereocenters. The van der Waals surface area contributed by atoms with Crippen LogP contribution < -0.4 is 10.1 Å². The summed E-state index contributed by atoms with van der Waals surface area (Å²) in [6, 6.07) is 3.78. The van der Waals surface area contributed by atoms with Crippen LogP contribution in [0.25, 0.3) is 10.9 Å². The summed E-state index contributed by atoms with van der Waals surface area (Å²) in [6.07, 6.45) is 2.35. The van der Waals surface area contributed by atoms with Crippen LogP contribution >= 0.6 is 22.6 Å². The number of aromatic nitrogens is 1. The summed E-state index contributed by atoms with van der Waals surface area (Å²) in [4.78, 5) is 12.1. The summed E-state index contributed by atoms with van der Waals surface area (Å²) in [5.74, 6) is 0.815. The average molecular weight is 402 g/mol. The van der Waals surface area contributed by atoms with Gasteiger partial charge in [0.1, 0.15) is 5.75 Å². The Morgan fingerprint density at radius 2 is 2.19 bits per heavy atom.